The molecule has 2 heterocycles. The highest BCUT2D eigenvalue weighted by Crippen LogP contribution is 2.33. The van der Waals surface area contributed by atoms with Crippen LogP contribution in [0.4, 0.5) is 4.79 Å². The molecule has 3 amide bonds. The van der Waals surface area contributed by atoms with Gasteiger partial charge in [-0.05, 0) is 32.2 Å². The van der Waals surface area contributed by atoms with Gasteiger partial charge in [0.15, 0.2) is 0 Å². The minimum Gasteiger partial charge on any atom is -0.379 e. The van der Waals surface area contributed by atoms with Crippen molar-refractivity contribution in [2.24, 2.45) is 5.73 Å². The number of rotatable bonds is 18. The number of thioether (sulfide) groups is 1. The number of hydrogen-bond donors (Lipinski definition) is 4. The van der Waals surface area contributed by atoms with Crippen LogP contribution in [0.5, 0.6) is 0 Å². The average Bonchev–Trinajstić information content (AvgIpc) is 3.28. The number of carbonyl (C=O) groups is 2. The lowest BCUT2D eigenvalue weighted by Gasteiger charge is -2.16. The van der Waals surface area contributed by atoms with Gasteiger partial charge in [0.2, 0.25) is 5.91 Å². The van der Waals surface area contributed by atoms with E-state index in [2.05, 4.69) is 16.0 Å². The summed E-state index contributed by atoms with van der Waals surface area (Å²) in [5, 5.41) is 9.36. The molecule has 2 aliphatic rings. The molecule has 174 valence electrons. The fourth-order valence-electron chi connectivity index (χ4n) is 3.49. The molecule has 30 heavy (non-hydrogen) atoms. The highest BCUT2D eigenvalue weighted by Gasteiger charge is 2.42. The summed E-state index contributed by atoms with van der Waals surface area (Å²) < 4.78 is 16.2. The third kappa shape index (κ3) is 10.3. The van der Waals surface area contributed by atoms with E-state index in [1.165, 1.54) is 0 Å². The Kier molecular flexibility index (Phi) is 13.2. The number of amides is 3. The van der Waals surface area contributed by atoms with Crippen molar-refractivity contribution >= 4 is 23.7 Å². The number of fused-ring (bicyclic) bond motifs is 1. The van der Waals surface area contributed by atoms with E-state index < -0.39 is 0 Å². The number of nitrogens with two attached hydrogens (primary N) is 1. The second-order valence-electron chi connectivity index (χ2n) is 7.55. The molecule has 2 aliphatic heterocycles. The summed E-state index contributed by atoms with van der Waals surface area (Å²) in [7, 11) is 0. The lowest BCUT2D eigenvalue weighted by atomic mass is 10.0. The first kappa shape index (κ1) is 25.2. The van der Waals surface area contributed by atoms with Gasteiger partial charge < -0.3 is 35.9 Å². The smallest absolute Gasteiger partial charge is 0.315 e. The first-order valence-electron chi connectivity index (χ1n) is 11.1. The van der Waals surface area contributed by atoms with Gasteiger partial charge in [0.1, 0.15) is 0 Å². The molecule has 5 N–H and O–H groups in total. The fraction of sp³-hybridized carbons (Fsp3) is 0.900. The summed E-state index contributed by atoms with van der Waals surface area (Å²) in [6, 6.07) is 0.469. The van der Waals surface area contributed by atoms with Crippen LogP contribution in [0.3, 0.4) is 0 Å². The molecule has 2 rings (SSSR count). The van der Waals surface area contributed by atoms with Crippen LogP contribution in [0.25, 0.3) is 0 Å². The van der Waals surface area contributed by atoms with Crippen LogP contribution in [0.2, 0.25) is 0 Å². The maximum Gasteiger partial charge on any atom is 0.315 e. The molecule has 0 saturated carbocycles. The standard InChI is InChI=1S/C20H38N4O5S/c21-7-3-9-27-11-13-29-14-12-28-10-4-8-22-18(25)6-2-1-5-17-19-16(15-30-17)23-20(26)24-19/h16-17,19H,1-15,21H2,(H,22,25)(H2,23,24,26)/t16-,17-,19-/m1/s1. The van der Waals surface area contributed by atoms with Crippen LogP contribution < -0.4 is 21.7 Å². The minimum atomic E-state index is -0.0464. The van der Waals surface area contributed by atoms with E-state index in [0.29, 0.717) is 64.4 Å². The number of hydrogen-bond acceptors (Lipinski definition) is 7. The predicted octanol–water partition coefficient (Wildman–Crippen LogP) is 0.617. The Morgan fingerprint density at radius 2 is 1.70 bits per heavy atom. The van der Waals surface area contributed by atoms with Gasteiger partial charge in [-0.1, -0.05) is 6.42 Å². The topological polar surface area (TPSA) is 124 Å². The molecule has 0 aromatic rings. The van der Waals surface area contributed by atoms with Gasteiger partial charge in [-0.15, -0.1) is 0 Å². The SMILES string of the molecule is NCCCOCCOCCOCCCNC(=O)CCCC[C@H]1SC[C@H]2NC(=O)N[C@H]21. The zero-order chi connectivity index (χ0) is 21.4. The largest absolute Gasteiger partial charge is 0.379 e. The number of nitrogens with one attached hydrogen (secondary N) is 3. The third-order valence-electron chi connectivity index (χ3n) is 5.11. The van der Waals surface area contributed by atoms with E-state index in [0.717, 1.165) is 37.9 Å². The fourth-order valence-corrected chi connectivity index (χ4v) is 5.04. The van der Waals surface area contributed by atoms with Gasteiger partial charge in [-0.25, -0.2) is 4.79 Å². The Morgan fingerprint density at radius 3 is 2.43 bits per heavy atom. The van der Waals surface area contributed by atoms with Gasteiger partial charge >= 0.3 is 6.03 Å². The zero-order valence-corrected chi connectivity index (χ0v) is 18.7. The highest BCUT2D eigenvalue weighted by molar-refractivity contribution is 8.00. The first-order chi connectivity index (χ1) is 14.7. The van der Waals surface area contributed by atoms with Crippen LogP contribution in [-0.4, -0.2) is 87.8 Å². The maximum absolute atomic E-state index is 11.9. The Labute approximate surface area is 183 Å². The quantitative estimate of drug-likeness (QED) is 0.180. The Hall–Kier alpha value is -1.07. The second-order valence-corrected chi connectivity index (χ2v) is 8.82. The number of unbranched alkanes of at least 4 members (excludes halogenated alkanes) is 1. The Balaban J connectivity index is 1.31. The Bertz CT molecular complexity index is 500. The van der Waals surface area contributed by atoms with Crippen molar-refractivity contribution in [3.63, 3.8) is 0 Å². The van der Waals surface area contributed by atoms with Crippen LogP contribution in [-0.2, 0) is 19.0 Å². The third-order valence-corrected chi connectivity index (χ3v) is 6.61. The van der Waals surface area contributed by atoms with Crippen molar-refractivity contribution in [1.82, 2.24) is 16.0 Å². The molecule has 10 heteroatoms. The van der Waals surface area contributed by atoms with Crippen molar-refractivity contribution in [3.05, 3.63) is 0 Å². The minimum absolute atomic E-state index is 0.0464. The summed E-state index contributed by atoms with van der Waals surface area (Å²) >= 11 is 1.92. The normalized spacial score (nSPS) is 22.6. The van der Waals surface area contributed by atoms with Gasteiger partial charge in [0, 0.05) is 37.2 Å². The number of ether oxygens (including phenoxy) is 3. The lowest BCUT2D eigenvalue weighted by Crippen LogP contribution is -2.36. The van der Waals surface area contributed by atoms with E-state index in [1.54, 1.807) is 0 Å². The van der Waals surface area contributed by atoms with Gasteiger partial charge in [-0.2, -0.15) is 11.8 Å². The van der Waals surface area contributed by atoms with Gasteiger partial charge in [0.05, 0.1) is 38.5 Å². The van der Waals surface area contributed by atoms with Gasteiger partial charge in [0.25, 0.3) is 0 Å². The molecule has 0 spiro atoms. The zero-order valence-electron chi connectivity index (χ0n) is 17.9. The molecule has 2 fully saturated rings. The van der Waals surface area contributed by atoms with Crippen LogP contribution in [0, 0.1) is 0 Å². The van der Waals surface area contributed by atoms with Gasteiger partial charge in [-0.3, -0.25) is 4.79 Å². The molecule has 0 unspecified atom stereocenters. The molecular weight excluding hydrogens is 408 g/mol. The lowest BCUT2D eigenvalue weighted by molar-refractivity contribution is -0.121. The summed E-state index contributed by atoms with van der Waals surface area (Å²) in [6.45, 7) is 4.82. The molecule has 9 nitrogen and oxygen atoms in total. The molecule has 0 radical (unpaired) electrons. The van der Waals surface area contributed by atoms with Crippen LogP contribution in [0.1, 0.15) is 38.5 Å². The summed E-state index contributed by atoms with van der Waals surface area (Å²) in [6.07, 6.45) is 5.15. The molecular formula is C20H38N4O5S. The summed E-state index contributed by atoms with van der Waals surface area (Å²) in [4.78, 5) is 23.3. The van der Waals surface area contributed by atoms with Crippen LogP contribution in [0.15, 0.2) is 0 Å². The molecule has 2 saturated heterocycles. The van der Waals surface area contributed by atoms with E-state index >= 15 is 0 Å². The molecule has 0 aromatic heterocycles. The first-order valence-corrected chi connectivity index (χ1v) is 12.1. The second kappa shape index (κ2) is 15.7. The van der Waals surface area contributed by atoms with Crippen molar-refractivity contribution in [3.8, 4) is 0 Å². The van der Waals surface area contributed by atoms with E-state index in [4.69, 9.17) is 19.9 Å². The van der Waals surface area contributed by atoms with Crippen LogP contribution >= 0.6 is 11.8 Å². The predicted molar refractivity (Wildman–Crippen MR) is 118 cm³/mol. The van der Waals surface area contributed by atoms with Crippen molar-refractivity contribution in [1.29, 1.82) is 0 Å². The molecule has 0 bridgehead atoms. The van der Waals surface area contributed by atoms with Crippen molar-refractivity contribution < 1.29 is 23.8 Å². The number of carbonyl (C=O) groups excluding carboxylic acids is 2. The summed E-state index contributed by atoms with van der Waals surface area (Å²) in [5.41, 5.74) is 5.38. The van der Waals surface area contributed by atoms with E-state index in [9.17, 15) is 9.59 Å². The summed E-state index contributed by atoms with van der Waals surface area (Å²) in [5.74, 6) is 1.08. The maximum atomic E-state index is 11.9. The Morgan fingerprint density at radius 1 is 1.00 bits per heavy atom. The molecule has 0 aromatic carbocycles. The van der Waals surface area contributed by atoms with E-state index in [1.807, 2.05) is 11.8 Å². The van der Waals surface area contributed by atoms with E-state index in [-0.39, 0.29) is 24.0 Å². The van der Waals surface area contributed by atoms with Crippen molar-refractivity contribution in [2.75, 3.05) is 58.5 Å². The average molecular weight is 447 g/mol. The molecule has 3 atom stereocenters. The highest BCUT2D eigenvalue weighted by atomic mass is 32.2. The molecule has 0 aliphatic carbocycles. The monoisotopic (exact) mass is 446 g/mol. The number of urea groups is 1. The van der Waals surface area contributed by atoms with Crippen molar-refractivity contribution in [2.45, 2.75) is 55.9 Å².